The van der Waals surface area contributed by atoms with Crippen LogP contribution >= 0.6 is 0 Å². The van der Waals surface area contributed by atoms with Crippen molar-refractivity contribution in [3.05, 3.63) is 0 Å². The Labute approximate surface area is 121 Å². The summed E-state index contributed by atoms with van der Waals surface area (Å²) in [5, 5.41) is 9.44. The Hall–Kier alpha value is -0.0800. The molecule has 0 radical (unpaired) electrons. The van der Waals surface area contributed by atoms with Gasteiger partial charge in [0.1, 0.15) is 0 Å². The fourth-order valence-corrected chi connectivity index (χ4v) is 2.45. The van der Waals surface area contributed by atoms with Gasteiger partial charge in [0.15, 0.2) is 0 Å². The standard InChI is InChI=1S/C17H37NO/c1-6-18(7-2)14-10-8-9-11-16(15-19)12-13-17(3,4)5/h16,19H,6-15H2,1-5H3/t16-/m1/s1. The molecule has 0 fully saturated rings. The van der Waals surface area contributed by atoms with E-state index in [0.717, 1.165) is 0 Å². The molecule has 0 heterocycles. The van der Waals surface area contributed by atoms with Crippen LogP contribution in [0.3, 0.4) is 0 Å². The molecule has 0 bridgehead atoms. The number of hydrogen-bond donors (Lipinski definition) is 1. The van der Waals surface area contributed by atoms with Gasteiger partial charge in [-0.05, 0) is 56.7 Å². The predicted octanol–water partition coefficient (Wildman–Crippen LogP) is 4.32. The number of aliphatic hydroxyl groups is 1. The van der Waals surface area contributed by atoms with E-state index in [1.54, 1.807) is 0 Å². The largest absolute Gasteiger partial charge is 0.396 e. The first kappa shape index (κ1) is 18.9. The number of unbranched alkanes of at least 4 members (excludes halogenated alkanes) is 2. The lowest BCUT2D eigenvalue weighted by Crippen LogP contribution is -2.23. The van der Waals surface area contributed by atoms with Gasteiger partial charge in [0, 0.05) is 6.61 Å². The lowest BCUT2D eigenvalue weighted by atomic mass is 9.85. The lowest BCUT2D eigenvalue weighted by Gasteiger charge is -2.22. The van der Waals surface area contributed by atoms with Crippen LogP contribution < -0.4 is 0 Å². The minimum atomic E-state index is 0.367. The van der Waals surface area contributed by atoms with Gasteiger partial charge in [0.25, 0.3) is 0 Å². The van der Waals surface area contributed by atoms with Crippen molar-refractivity contribution in [3.8, 4) is 0 Å². The second-order valence-electron chi connectivity index (χ2n) is 7.02. The van der Waals surface area contributed by atoms with Crippen molar-refractivity contribution in [1.82, 2.24) is 4.90 Å². The summed E-state index contributed by atoms with van der Waals surface area (Å²) in [6.07, 6.45) is 7.48. The van der Waals surface area contributed by atoms with Gasteiger partial charge in [-0.1, -0.05) is 47.5 Å². The molecule has 0 aromatic heterocycles. The third-order valence-electron chi connectivity index (χ3n) is 4.04. The monoisotopic (exact) mass is 271 g/mol. The molecule has 0 aromatic rings. The zero-order chi connectivity index (χ0) is 14.7. The fourth-order valence-electron chi connectivity index (χ4n) is 2.45. The maximum absolute atomic E-state index is 9.44. The van der Waals surface area contributed by atoms with E-state index in [1.807, 2.05) is 0 Å². The Morgan fingerprint density at radius 3 is 2.05 bits per heavy atom. The van der Waals surface area contributed by atoms with Crippen LogP contribution in [0.15, 0.2) is 0 Å². The zero-order valence-electron chi connectivity index (χ0n) is 14.0. The maximum Gasteiger partial charge on any atom is 0.0459 e. The first-order valence-electron chi connectivity index (χ1n) is 8.26. The van der Waals surface area contributed by atoms with Crippen LogP contribution in [0.4, 0.5) is 0 Å². The van der Waals surface area contributed by atoms with Crippen molar-refractivity contribution in [3.63, 3.8) is 0 Å². The zero-order valence-corrected chi connectivity index (χ0v) is 14.0. The second kappa shape index (κ2) is 10.7. The molecule has 2 nitrogen and oxygen atoms in total. The van der Waals surface area contributed by atoms with Crippen LogP contribution in [-0.4, -0.2) is 36.2 Å². The van der Waals surface area contributed by atoms with E-state index >= 15 is 0 Å². The van der Waals surface area contributed by atoms with Crippen molar-refractivity contribution in [2.75, 3.05) is 26.2 Å². The van der Waals surface area contributed by atoms with Gasteiger partial charge in [0.05, 0.1) is 0 Å². The Bertz CT molecular complexity index is 194. The molecular weight excluding hydrogens is 234 g/mol. The van der Waals surface area contributed by atoms with Gasteiger partial charge in [-0.15, -0.1) is 0 Å². The summed E-state index contributed by atoms with van der Waals surface area (Å²) in [5.74, 6) is 0.521. The number of aliphatic hydroxyl groups excluding tert-OH is 1. The molecule has 0 aliphatic heterocycles. The third-order valence-corrected chi connectivity index (χ3v) is 4.04. The molecule has 0 aliphatic carbocycles. The van der Waals surface area contributed by atoms with E-state index < -0.39 is 0 Å². The minimum absolute atomic E-state index is 0.367. The summed E-state index contributed by atoms with van der Waals surface area (Å²) in [4.78, 5) is 2.49. The summed E-state index contributed by atoms with van der Waals surface area (Å²) >= 11 is 0. The van der Waals surface area contributed by atoms with Gasteiger partial charge >= 0.3 is 0 Å². The highest BCUT2D eigenvalue weighted by Crippen LogP contribution is 2.25. The van der Waals surface area contributed by atoms with Gasteiger partial charge in [-0.2, -0.15) is 0 Å². The van der Waals surface area contributed by atoms with E-state index in [4.69, 9.17) is 0 Å². The summed E-state index contributed by atoms with van der Waals surface area (Å²) in [7, 11) is 0. The summed E-state index contributed by atoms with van der Waals surface area (Å²) in [5.41, 5.74) is 0.399. The van der Waals surface area contributed by atoms with Crippen LogP contribution in [0, 0.1) is 11.3 Å². The molecule has 1 atom stereocenters. The summed E-state index contributed by atoms with van der Waals surface area (Å²) in [6, 6.07) is 0. The number of nitrogens with zero attached hydrogens (tertiary/aromatic N) is 1. The topological polar surface area (TPSA) is 23.5 Å². The van der Waals surface area contributed by atoms with Crippen LogP contribution in [0.5, 0.6) is 0 Å². The van der Waals surface area contributed by atoms with Crippen molar-refractivity contribution in [1.29, 1.82) is 0 Å². The van der Waals surface area contributed by atoms with Crippen molar-refractivity contribution in [2.24, 2.45) is 11.3 Å². The van der Waals surface area contributed by atoms with E-state index in [9.17, 15) is 5.11 Å². The van der Waals surface area contributed by atoms with Gasteiger partial charge in [-0.3, -0.25) is 0 Å². The number of rotatable bonds is 11. The Kier molecular flexibility index (Phi) is 10.6. The van der Waals surface area contributed by atoms with E-state index in [2.05, 4.69) is 39.5 Å². The molecule has 116 valence electrons. The van der Waals surface area contributed by atoms with Gasteiger partial charge < -0.3 is 10.0 Å². The van der Waals surface area contributed by atoms with Gasteiger partial charge in [0.2, 0.25) is 0 Å². The minimum Gasteiger partial charge on any atom is -0.396 e. The number of hydrogen-bond acceptors (Lipinski definition) is 2. The molecular formula is C17H37NO. The lowest BCUT2D eigenvalue weighted by molar-refractivity contribution is 0.189. The summed E-state index contributed by atoms with van der Waals surface area (Å²) < 4.78 is 0. The highest BCUT2D eigenvalue weighted by molar-refractivity contribution is 4.66. The molecule has 0 aromatic carbocycles. The van der Waals surface area contributed by atoms with Crippen LogP contribution in [0.2, 0.25) is 0 Å². The molecule has 1 N–H and O–H groups in total. The van der Waals surface area contributed by atoms with Crippen LogP contribution in [0.1, 0.15) is 73.1 Å². The van der Waals surface area contributed by atoms with Crippen LogP contribution in [-0.2, 0) is 0 Å². The Morgan fingerprint density at radius 2 is 1.58 bits per heavy atom. The third kappa shape index (κ3) is 11.4. The summed E-state index contributed by atoms with van der Waals surface area (Å²) in [6.45, 7) is 15.3. The molecule has 0 unspecified atom stereocenters. The molecule has 0 saturated heterocycles. The normalized spacial score (nSPS) is 14.1. The SMILES string of the molecule is CCN(CC)CCCCC[C@@H](CO)CCC(C)(C)C. The van der Waals surface area contributed by atoms with Crippen molar-refractivity contribution >= 4 is 0 Å². The molecule has 2 heteroatoms. The Balaban J connectivity index is 3.61. The van der Waals surface area contributed by atoms with Crippen molar-refractivity contribution in [2.45, 2.75) is 73.1 Å². The smallest absolute Gasteiger partial charge is 0.0459 e. The van der Waals surface area contributed by atoms with Gasteiger partial charge in [-0.25, -0.2) is 0 Å². The molecule has 0 amide bonds. The highest BCUT2D eigenvalue weighted by atomic mass is 16.3. The van der Waals surface area contributed by atoms with Crippen molar-refractivity contribution < 1.29 is 5.11 Å². The average molecular weight is 271 g/mol. The molecule has 0 saturated carbocycles. The first-order chi connectivity index (χ1) is 8.92. The van der Waals surface area contributed by atoms with E-state index in [0.29, 0.717) is 17.9 Å². The molecule has 0 rings (SSSR count). The van der Waals surface area contributed by atoms with Crippen LogP contribution in [0.25, 0.3) is 0 Å². The average Bonchev–Trinajstić information content (AvgIpc) is 2.36. The molecule has 19 heavy (non-hydrogen) atoms. The molecule has 0 aliphatic rings. The maximum atomic E-state index is 9.44. The quantitative estimate of drug-likeness (QED) is 0.566. The first-order valence-corrected chi connectivity index (χ1v) is 8.26. The fraction of sp³-hybridized carbons (Fsp3) is 1.00. The Morgan fingerprint density at radius 1 is 0.947 bits per heavy atom. The second-order valence-corrected chi connectivity index (χ2v) is 7.02. The highest BCUT2D eigenvalue weighted by Gasteiger charge is 2.14. The van der Waals surface area contributed by atoms with E-state index in [1.165, 1.54) is 58.2 Å². The van der Waals surface area contributed by atoms with E-state index in [-0.39, 0.29) is 0 Å². The molecule has 0 spiro atoms. The predicted molar refractivity (Wildman–Crippen MR) is 85.5 cm³/mol.